The van der Waals surface area contributed by atoms with E-state index in [4.69, 9.17) is 10.5 Å². The number of carbonyl (C=O) groups excluding carboxylic acids is 1. The Hall–Kier alpha value is -1.43. The number of likely N-dealkylation sites (tertiary alicyclic amines) is 1. The zero-order valence-electron chi connectivity index (χ0n) is 15.6. The van der Waals surface area contributed by atoms with Gasteiger partial charge in [0.15, 0.2) is 0 Å². The molecule has 0 spiro atoms. The Morgan fingerprint density at radius 3 is 2.60 bits per heavy atom. The highest BCUT2D eigenvalue weighted by Gasteiger charge is 2.20. The smallest absolute Gasteiger partial charge is 0.237 e. The minimum atomic E-state index is -0.421. The number of nitrogens with two attached hydrogens (primary N) is 1. The van der Waals surface area contributed by atoms with Crippen LogP contribution in [0.3, 0.4) is 0 Å². The molecule has 0 bridgehead atoms. The molecule has 1 aliphatic rings. The van der Waals surface area contributed by atoms with E-state index in [0.29, 0.717) is 19.3 Å². The molecule has 5 heteroatoms. The van der Waals surface area contributed by atoms with Gasteiger partial charge in [0.2, 0.25) is 5.91 Å². The molecule has 3 N–H and O–H groups in total. The molecule has 1 fully saturated rings. The number of hydrogen-bond donors (Lipinski definition) is 2. The van der Waals surface area contributed by atoms with E-state index in [9.17, 15) is 4.79 Å². The van der Waals surface area contributed by atoms with Crippen molar-refractivity contribution in [2.75, 3.05) is 26.2 Å². The summed E-state index contributed by atoms with van der Waals surface area (Å²) >= 11 is 0. The second-order valence-corrected chi connectivity index (χ2v) is 7.25. The van der Waals surface area contributed by atoms with Gasteiger partial charge in [-0.1, -0.05) is 44.2 Å². The average molecular weight is 348 g/mol. The van der Waals surface area contributed by atoms with E-state index in [0.717, 1.165) is 38.9 Å². The van der Waals surface area contributed by atoms with Gasteiger partial charge in [0, 0.05) is 32.8 Å². The SMILES string of the molecule is CC(C)[C@H](N)C(=O)NCCCOC1CCN(Cc2ccccc2)CC1. The fourth-order valence-electron chi connectivity index (χ4n) is 3.03. The Morgan fingerprint density at radius 2 is 1.96 bits per heavy atom. The molecule has 2 rings (SSSR count). The van der Waals surface area contributed by atoms with E-state index in [-0.39, 0.29) is 11.8 Å². The number of amides is 1. The van der Waals surface area contributed by atoms with Gasteiger partial charge in [0.25, 0.3) is 0 Å². The summed E-state index contributed by atoms with van der Waals surface area (Å²) in [5.41, 5.74) is 7.18. The molecule has 1 heterocycles. The van der Waals surface area contributed by atoms with E-state index in [1.807, 2.05) is 13.8 Å². The summed E-state index contributed by atoms with van der Waals surface area (Å²) in [6.45, 7) is 8.43. The molecule has 0 radical (unpaired) electrons. The van der Waals surface area contributed by atoms with E-state index < -0.39 is 6.04 Å². The molecule has 1 aromatic carbocycles. The van der Waals surface area contributed by atoms with Crippen molar-refractivity contribution in [3.05, 3.63) is 35.9 Å². The van der Waals surface area contributed by atoms with Gasteiger partial charge in [0.05, 0.1) is 12.1 Å². The molecule has 0 unspecified atom stereocenters. The fraction of sp³-hybridized carbons (Fsp3) is 0.650. The largest absolute Gasteiger partial charge is 0.378 e. The van der Waals surface area contributed by atoms with Crippen molar-refractivity contribution < 1.29 is 9.53 Å². The molecule has 25 heavy (non-hydrogen) atoms. The van der Waals surface area contributed by atoms with Gasteiger partial charge in [-0.15, -0.1) is 0 Å². The van der Waals surface area contributed by atoms with E-state index in [2.05, 4.69) is 40.5 Å². The van der Waals surface area contributed by atoms with E-state index in [1.165, 1.54) is 5.56 Å². The minimum absolute atomic E-state index is 0.0655. The van der Waals surface area contributed by atoms with Gasteiger partial charge in [-0.25, -0.2) is 0 Å². The van der Waals surface area contributed by atoms with Gasteiger partial charge in [0.1, 0.15) is 0 Å². The highest BCUT2D eigenvalue weighted by Crippen LogP contribution is 2.16. The summed E-state index contributed by atoms with van der Waals surface area (Å²) in [5, 5.41) is 2.88. The lowest BCUT2D eigenvalue weighted by Crippen LogP contribution is -2.44. The Morgan fingerprint density at radius 1 is 1.28 bits per heavy atom. The van der Waals surface area contributed by atoms with Crippen LogP contribution in [0.5, 0.6) is 0 Å². The topological polar surface area (TPSA) is 67.6 Å². The Kier molecular flexibility index (Phi) is 8.38. The number of benzene rings is 1. The molecular weight excluding hydrogens is 314 g/mol. The van der Waals surface area contributed by atoms with Crippen LogP contribution in [0, 0.1) is 5.92 Å². The summed E-state index contributed by atoms with van der Waals surface area (Å²) in [6.07, 6.45) is 3.34. The third-order valence-corrected chi connectivity index (χ3v) is 4.78. The second-order valence-electron chi connectivity index (χ2n) is 7.25. The number of nitrogens with zero attached hydrogens (tertiary/aromatic N) is 1. The normalized spacial score (nSPS) is 17.6. The number of hydrogen-bond acceptors (Lipinski definition) is 4. The predicted molar refractivity (Wildman–Crippen MR) is 101 cm³/mol. The van der Waals surface area contributed by atoms with Crippen LogP contribution >= 0.6 is 0 Å². The monoisotopic (exact) mass is 347 g/mol. The Balaban J connectivity index is 1.53. The summed E-state index contributed by atoms with van der Waals surface area (Å²) in [6, 6.07) is 10.2. The summed E-state index contributed by atoms with van der Waals surface area (Å²) in [7, 11) is 0. The molecule has 140 valence electrons. The van der Waals surface area contributed by atoms with E-state index in [1.54, 1.807) is 0 Å². The summed E-state index contributed by atoms with van der Waals surface area (Å²) < 4.78 is 5.96. The molecule has 0 saturated carbocycles. The van der Waals surface area contributed by atoms with Crippen LogP contribution in [0.4, 0.5) is 0 Å². The van der Waals surface area contributed by atoms with E-state index >= 15 is 0 Å². The summed E-state index contributed by atoms with van der Waals surface area (Å²) in [5.74, 6) is 0.0986. The highest BCUT2D eigenvalue weighted by molar-refractivity contribution is 5.81. The standard InChI is InChI=1S/C20H33N3O2/c1-16(2)19(21)20(24)22-11-6-14-25-18-9-12-23(13-10-18)15-17-7-4-3-5-8-17/h3-5,7-8,16,18-19H,6,9-15,21H2,1-2H3,(H,22,24)/t19-/m0/s1. The first-order chi connectivity index (χ1) is 12.1. The zero-order valence-corrected chi connectivity index (χ0v) is 15.6. The van der Waals surface area contributed by atoms with Crippen molar-refractivity contribution >= 4 is 5.91 Å². The van der Waals surface area contributed by atoms with Crippen LogP contribution in [0.25, 0.3) is 0 Å². The molecule has 5 nitrogen and oxygen atoms in total. The first-order valence-electron chi connectivity index (χ1n) is 9.47. The lowest BCUT2D eigenvalue weighted by molar-refractivity contribution is -0.123. The van der Waals surface area contributed by atoms with Crippen molar-refractivity contribution in [3.63, 3.8) is 0 Å². The lowest BCUT2D eigenvalue weighted by atomic mass is 10.1. The maximum atomic E-state index is 11.8. The Bertz CT molecular complexity index is 499. The molecule has 1 saturated heterocycles. The van der Waals surface area contributed by atoms with Crippen molar-refractivity contribution in [3.8, 4) is 0 Å². The third-order valence-electron chi connectivity index (χ3n) is 4.78. The van der Waals surface area contributed by atoms with Gasteiger partial charge < -0.3 is 15.8 Å². The highest BCUT2D eigenvalue weighted by atomic mass is 16.5. The molecular formula is C20H33N3O2. The van der Waals surface area contributed by atoms with Crippen molar-refractivity contribution in [2.45, 2.75) is 51.8 Å². The maximum absolute atomic E-state index is 11.8. The van der Waals surface area contributed by atoms with Gasteiger partial charge in [-0.2, -0.15) is 0 Å². The number of ether oxygens (including phenoxy) is 1. The zero-order chi connectivity index (χ0) is 18.1. The summed E-state index contributed by atoms with van der Waals surface area (Å²) in [4.78, 5) is 14.2. The van der Waals surface area contributed by atoms with Crippen molar-refractivity contribution in [2.24, 2.45) is 11.7 Å². The molecule has 1 atom stereocenters. The van der Waals surface area contributed by atoms with Crippen LogP contribution in [0.1, 0.15) is 38.7 Å². The Labute approximate surface area is 151 Å². The molecule has 1 amide bonds. The number of carbonyl (C=O) groups is 1. The van der Waals surface area contributed by atoms with Gasteiger partial charge in [-0.3, -0.25) is 9.69 Å². The molecule has 0 aliphatic carbocycles. The van der Waals surface area contributed by atoms with Crippen molar-refractivity contribution in [1.29, 1.82) is 0 Å². The minimum Gasteiger partial charge on any atom is -0.378 e. The van der Waals surface area contributed by atoms with Gasteiger partial charge >= 0.3 is 0 Å². The first kappa shape index (κ1) is 19.9. The van der Waals surface area contributed by atoms with Crippen molar-refractivity contribution in [1.82, 2.24) is 10.2 Å². The van der Waals surface area contributed by atoms with Gasteiger partial charge in [-0.05, 0) is 30.7 Å². The second kappa shape index (κ2) is 10.5. The number of piperidine rings is 1. The maximum Gasteiger partial charge on any atom is 0.237 e. The molecule has 0 aromatic heterocycles. The first-order valence-corrected chi connectivity index (χ1v) is 9.47. The lowest BCUT2D eigenvalue weighted by Gasteiger charge is -2.32. The predicted octanol–water partition coefficient (Wildman–Crippen LogP) is 2.16. The molecule has 1 aliphatic heterocycles. The number of rotatable bonds is 9. The quantitative estimate of drug-likeness (QED) is 0.672. The fourth-order valence-corrected chi connectivity index (χ4v) is 3.03. The van der Waals surface area contributed by atoms with Crippen LogP contribution in [0.2, 0.25) is 0 Å². The van der Waals surface area contributed by atoms with Crippen LogP contribution in [0.15, 0.2) is 30.3 Å². The third kappa shape index (κ3) is 7.14. The van der Waals surface area contributed by atoms with Crippen LogP contribution < -0.4 is 11.1 Å². The van der Waals surface area contributed by atoms with Crippen LogP contribution in [-0.4, -0.2) is 49.2 Å². The number of nitrogens with one attached hydrogen (secondary N) is 1. The molecule has 1 aromatic rings. The average Bonchev–Trinajstić information content (AvgIpc) is 2.62. The van der Waals surface area contributed by atoms with Crippen LogP contribution in [-0.2, 0) is 16.1 Å².